The molecule has 0 amide bonds. The van der Waals surface area contributed by atoms with Crippen molar-refractivity contribution in [1.29, 1.82) is 0 Å². The molecule has 0 heterocycles. The van der Waals surface area contributed by atoms with Gasteiger partial charge in [-0.3, -0.25) is 4.79 Å². The number of hydrogen-bond acceptors (Lipinski definition) is 5. The third kappa shape index (κ3) is 10.9. The lowest BCUT2D eigenvalue weighted by molar-refractivity contribution is -0.137. The number of unbranched alkanes of at least 4 members (excludes halogenated alkanes) is 3. The van der Waals surface area contributed by atoms with Gasteiger partial charge in [0.2, 0.25) is 0 Å². The van der Waals surface area contributed by atoms with Crippen LogP contribution in [0.15, 0.2) is 12.2 Å². The molecule has 0 radical (unpaired) electrons. The standard InChI is InChI=1S/C21H35ClO7/c1-14(29-21(27)28)7-6-8-15(23)11-12-17-16(18(22)13-19(17)24)9-4-2-3-5-10-20(25)26/h11-12,14-19,23-24H,2-10,13H2,1H3,(H,25,26)(H,27,28)/b12-11+/t14-,15+,16-,17-,18-,19-/m1/s1. The van der Waals surface area contributed by atoms with E-state index in [1.54, 1.807) is 13.0 Å². The highest BCUT2D eigenvalue weighted by Crippen LogP contribution is 2.40. The summed E-state index contributed by atoms with van der Waals surface area (Å²) in [5.74, 6) is -0.726. The molecule has 1 fully saturated rings. The maximum Gasteiger partial charge on any atom is 0.506 e. The molecule has 6 atom stereocenters. The average molecular weight is 435 g/mol. The Morgan fingerprint density at radius 1 is 1.14 bits per heavy atom. The summed E-state index contributed by atoms with van der Waals surface area (Å²) in [4.78, 5) is 21.0. The number of ether oxygens (including phenoxy) is 1. The molecule has 1 aliphatic carbocycles. The van der Waals surface area contributed by atoms with Gasteiger partial charge in [0.15, 0.2) is 0 Å². The number of rotatable bonds is 14. The smallest absolute Gasteiger partial charge is 0.481 e. The average Bonchev–Trinajstić information content (AvgIpc) is 2.88. The Bertz CT molecular complexity index is 525. The molecule has 0 spiro atoms. The highest BCUT2D eigenvalue weighted by molar-refractivity contribution is 6.21. The van der Waals surface area contributed by atoms with Gasteiger partial charge in [-0.1, -0.05) is 31.4 Å². The Balaban J connectivity index is 2.37. The summed E-state index contributed by atoms with van der Waals surface area (Å²) in [5.41, 5.74) is 0. The normalized spacial score (nSPS) is 26.5. The molecule has 1 aliphatic rings. The highest BCUT2D eigenvalue weighted by Gasteiger charge is 2.39. The summed E-state index contributed by atoms with van der Waals surface area (Å²) in [6.45, 7) is 1.68. The Morgan fingerprint density at radius 3 is 2.48 bits per heavy atom. The van der Waals surface area contributed by atoms with Crippen molar-refractivity contribution in [3.8, 4) is 0 Å². The van der Waals surface area contributed by atoms with Crippen LogP contribution in [-0.4, -0.2) is 56.2 Å². The number of halogens is 1. The van der Waals surface area contributed by atoms with Gasteiger partial charge < -0.3 is 25.2 Å². The van der Waals surface area contributed by atoms with Gasteiger partial charge in [0.05, 0.1) is 12.2 Å². The van der Waals surface area contributed by atoms with Crippen LogP contribution in [0.5, 0.6) is 0 Å². The lowest BCUT2D eigenvalue weighted by Crippen LogP contribution is -2.19. The van der Waals surface area contributed by atoms with E-state index in [1.807, 2.05) is 6.08 Å². The van der Waals surface area contributed by atoms with E-state index in [2.05, 4.69) is 4.74 Å². The van der Waals surface area contributed by atoms with E-state index in [1.165, 1.54) is 0 Å². The summed E-state index contributed by atoms with van der Waals surface area (Å²) in [6.07, 6.45) is 7.37. The SMILES string of the molecule is C[C@H](CCC[C@H](O)/C=C/[C@@H]1[C@@H](CCCCCCC(=O)O)[C@H](Cl)C[C@H]1O)OC(=O)O. The molecule has 0 unspecified atom stereocenters. The molecular formula is C21H35ClO7. The van der Waals surface area contributed by atoms with Crippen LogP contribution in [0.3, 0.4) is 0 Å². The summed E-state index contributed by atoms with van der Waals surface area (Å²) in [7, 11) is 0. The van der Waals surface area contributed by atoms with Gasteiger partial charge in [-0.25, -0.2) is 4.79 Å². The number of aliphatic carboxylic acids is 1. The molecule has 0 aromatic carbocycles. The van der Waals surface area contributed by atoms with Gasteiger partial charge in [-0.05, 0) is 51.4 Å². The third-order valence-electron chi connectivity index (χ3n) is 5.52. The second-order valence-corrected chi connectivity index (χ2v) is 8.54. The minimum atomic E-state index is -1.29. The second-order valence-electron chi connectivity index (χ2n) is 7.98. The maximum absolute atomic E-state index is 10.5. The number of carboxylic acid groups (broad SMARTS) is 2. The lowest BCUT2D eigenvalue weighted by Gasteiger charge is -2.21. The van der Waals surface area contributed by atoms with Crippen molar-refractivity contribution in [2.24, 2.45) is 11.8 Å². The van der Waals surface area contributed by atoms with Gasteiger partial charge in [0.25, 0.3) is 0 Å². The summed E-state index contributed by atoms with van der Waals surface area (Å²) in [6, 6.07) is 0. The molecule has 0 aromatic heterocycles. The number of alkyl halides is 1. The van der Waals surface area contributed by atoms with Gasteiger partial charge in [-0.2, -0.15) is 0 Å². The molecule has 0 bridgehead atoms. The maximum atomic E-state index is 10.5. The monoisotopic (exact) mass is 434 g/mol. The fourth-order valence-corrected chi connectivity index (χ4v) is 4.42. The fourth-order valence-electron chi connectivity index (χ4n) is 3.94. The predicted octanol–water partition coefficient (Wildman–Crippen LogP) is 4.19. The molecule has 0 aromatic rings. The highest BCUT2D eigenvalue weighted by atomic mass is 35.5. The van der Waals surface area contributed by atoms with Crippen molar-refractivity contribution in [2.45, 2.75) is 94.8 Å². The van der Waals surface area contributed by atoms with Crippen molar-refractivity contribution in [1.82, 2.24) is 0 Å². The fraction of sp³-hybridized carbons (Fsp3) is 0.810. The Kier molecular flexibility index (Phi) is 12.3. The number of aliphatic hydroxyl groups is 2. The topological polar surface area (TPSA) is 124 Å². The molecule has 29 heavy (non-hydrogen) atoms. The van der Waals surface area contributed by atoms with E-state index in [0.29, 0.717) is 32.1 Å². The van der Waals surface area contributed by atoms with Crippen LogP contribution in [0.2, 0.25) is 0 Å². The molecule has 4 N–H and O–H groups in total. The van der Waals surface area contributed by atoms with Gasteiger partial charge in [0, 0.05) is 17.7 Å². The lowest BCUT2D eigenvalue weighted by atomic mass is 9.88. The first-order valence-electron chi connectivity index (χ1n) is 10.5. The van der Waals surface area contributed by atoms with Crippen molar-refractivity contribution in [3.05, 3.63) is 12.2 Å². The van der Waals surface area contributed by atoms with E-state index in [4.69, 9.17) is 21.8 Å². The minimum absolute atomic E-state index is 0.0968. The van der Waals surface area contributed by atoms with E-state index in [9.17, 15) is 19.8 Å². The number of hydrogen-bond donors (Lipinski definition) is 4. The van der Waals surface area contributed by atoms with E-state index >= 15 is 0 Å². The Morgan fingerprint density at radius 2 is 1.83 bits per heavy atom. The summed E-state index contributed by atoms with van der Waals surface area (Å²) < 4.78 is 4.63. The number of carboxylic acids is 1. The van der Waals surface area contributed by atoms with E-state index in [0.717, 1.165) is 25.7 Å². The third-order valence-corrected chi connectivity index (χ3v) is 6.02. The van der Waals surface area contributed by atoms with E-state index < -0.39 is 30.4 Å². The molecule has 1 saturated carbocycles. The van der Waals surface area contributed by atoms with Crippen LogP contribution in [-0.2, 0) is 9.53 Å². The van der Waals surface area contributed by atoms with Crippen LogP contribution in [0.4, 0.5) is 4.79 Å². The molecule has 7 nitrogen and oxygen atoms in total. The largest absolute Gasteiger partial charge is 0.506 e. The summed E-state index contributed by atoms with van der Waals surface area (Å²) in [5, 5.41) is 37.6. The zero-order valence-corrected chi connectivity index (χ0v) is 17.8. The molecule has 0 saturated heterocycles. The van der Waals surface area contributed by atoms with Crippen LogP contribution >= 0.6 is 11.6 Å². The van der Waals surface area contributed by atoms with Crippen LogP contribution in [0.1, 0.15) is 71.1 Å². The quantitative estimate of drug-likeness (QED) is 0.140. The van der Waals surface area contributed by atoms with Crippen molar-refractivity contribution < 1.29 is 34.8 Å². The zero-order valence-electron chi connectivity index (χ0n) is 17.1. The molecular weight excluding hydrogens is 400 g/mol. The van der Waals surface area contributed by atoms with Crippen LogP contribution in [0.25, 0.3) is 0 Å². The van der Waals surface area contributed by atoms with Gasteiger partial charge in [-0.15, -0.1) is 11.6 Å². The number of aliphatic hydroxyl groups excluding tert-OH is 2. The molecule has 168 valence electrons. The molecule has 0 aliphatic heterocycles. The summed E-state index contributed by atoms with van der Waals surface area (Å²) >= 11 is 6.43. The van der Waals surface area contributed by atoms with Gasteiger partial charge in [0.1, 0.15) is 6.10 Å². The van der Waals surface area contributed by atoms with Crippen molar-refractivity contribution in [3.63, 3.8) is 0 Å². The Labute approximate surface area is 177 Å². The minimum Gasteiger partial charge on any atom is -0.481 e. The first kappa shape index (κ1) is 25.7. The Hall–Kier alpha value is -1.31. The zero-order chi connectivity index (χ0) is 21.8. The first-order valence-corrected chi connectivity index (χ1v) is 10.9. The van der Waals surface area contributed by atoms with Crippen molar-refractivity contribution in [2.75, 3.05) is 0 Å². The van der Waals surface area contributed by atoms with Gasteiger partial charge >= 0.3 is 12.1 Å². The molecule has 8 heteroatoms. The number of carbonyl (C=O) groups is 2. The van der Waals surface area contributed by atoms with Crippen LogP contribution in [0, 0.1) is 11.8 Å². The van der Waals surface area contributed by atoms with E-state index in [-0.39, 0.29) is 23.6 Å². The second kappa shape index (κ2) is 13.8. The van der Waals surface area contributed by atoms with Crippen molar-refractivity contribution >= 4 is 23.7 Å². The first-order chi connectivity index (χ1) is 13.7. The van der Waals surface area contributed by atoms with Crippen LogP contribution < -0.4 is 0 Å². The predicted molar refractivity (Wildman–Crippen MR) is 110 cm³/mol. The molecule has 1 rings (SSSR count).